The van der Waals surface area contributed by atoms with Crippen LogP contribution in [0, 0.1) is 0 Å². The molecule has 1 amide bonds. The van der Waals surface area contributed by atoms with E-state index in [1.54, 1.807) is 6.08 Å². The van der Waals surface area contributed by atoms with Crippen molar-refractivity contribution in [3.8, 4) is 0 Å². The molecule has 77 heavy (non-hydrogen) atoms. The van der Waals surface area contributed by atoms with Gasteiger partial charge in [0.1, 0.15) is 24.4 Å². The SMILES string of the molecule is CC/C=C\C/C=C\C/C=C\C/C=C\C/C=C\CCCCCCCC(=O)NC(COC1OC(CO)C(O)C(O)C1O)C(O)/C=C/CC/C=C/CC/C=C/CCCCCCCCCCCCCCCCCCCCCCCCC. The van der Waals surface area contributed by atoms with E-state index in [0.717, 1.165) is 96.3 Å². The largest absolute Gasteiger partial charge is 0.394 e. The fraction of sp³-hybridized carbons (Fsp3) is 0.750. The summed E-state index contributed by atoms with van der Waals surface area (Å²) in [6, 6.07) is -0.847. The zero-order chi connectivity index (χ0) is 55.8. The van der Waals surface area contributed by atoms with Crippen LogP contribution in [0.15, 0.2) is 97.2 Å². The van der Waals surface area contributed by atoms with Gasteiger partial charge in [-0.25, -0.2) is 0 Å². The number of hydrogen-bond donors (Lipinski definition) is 6. The minimum absolute atomic E-state index is 0.211. The van der Waals surface area contributed by atoms with Gasteiger partial charge in [0.15, 0.2) is 6.29 Å². The van der Waals surface area contributed by atoms with Crippen molar-refractivity contribution in [2.75, 3.05) is 13.2 Å². The maximum atomic E-state index is 13.1. The van der Waals surface area contributed by atoms with Crippen molar-refractivity contribution < 1.29 is 39.8 Å². The Bertz CT molecular complexity index is 1530. The molecule has 1 rings (SSSR count). The molecular formula is C68H119NO8. The van der Waals surface area contributed by atoms with Crippen LogP contribution in [0.4, 0.5) is 0 Å². The summed E-state index contributed by atoms with van der Waals surface area (Å²) in [6.45, 7) is 3.65. The maximum absolute atomic E-state index is 13.1. The molecule has 0 bridgehead atoms. The van der Waals surface area contributed by atoms with Gasteiger partial charge in [-0.2, -0.15) is 0 Å². The van der Waals surface area contributed by atoms with Gasteiger partial charge >= 0.3 is 0 Å². The van der Waals surface area contributed by atoms with Gasteiger partial charge in [0.2, 0.25) is 5.91 Å². The first-order chi connectivity index (χ1) is 37.8. The summed E-state index contributed by atoms with van der Waals surface area (Å²) in [7, 11) is 0. The Morgan fingerprint density at radius 2 is 0.818 bits per heavy atom. The van der Waals surface area contributed by atoms with Crippen molar-refractivity contribution in [1.82, 2.24) is 5.32 Å². The molecule has 1 fully saturated rings. The number of rotatable bonds is 54. The molecule has 1 heterocycles. The highest BCUT2D eigenvalue weighted by Crippen LogP contribution is 2.23. The molecule has 9 nitrogen and oxygen atoms in total. The first-order valence-corrected chi connectivity index (χ1v) is 32.0. The number of aliphatic hydroxyl groups is 5. The third kappa shape index (κ3) is 45.5. The van der Waals surface area contributed by atoms with Crippen LogP contribution in [0.25, 0.3) is 0 Å². The summed E-state index contributed by atoms with van der Waals surface area (Å²) in [4.78, 5) is 13.1. The zero-order valence-corrected chi connectivity index (χ0v) is 49.4. The molecule has 444 valence electrons. The van der Waals surface area contributed by atoms with Gasteiger partial charge in [0, 0.05) is 6.42 Å². The van der Waals surface area contributed by atoms with Crippen molar-refractivity contribution in [2.24, 2.45) is 0 Å². The smallest absolute Gasteiger partial charge is 0.220 e. The maximum Gasteiger partial charge on any atom is 0.220 e. The van der Waals surface area contributed by atoms with E-state index in [1.165, 1.54) is 154 Å². The third-order valence-corrected chi connectivity index (χ3v) is 14.6. The number of amides is 1. The van der Waals surface area contributed by atoms with Gasteiger partial charge in [-0.3, -0.25) is 4.79 Å². The van der Waals surface area contributed by atoms with E-state index in [2.05, 4.69) is 104 Å². The highest BCUT2D eigenvalue weighted by atomic mass is 16.7. The number of carbonyl (C=O) groups excluding carboxylic acids is 1. The van der Waals surface area contributed by atoms with Gasteiger partial charge in [-0.05, 0) is 89.9 Å². The number of allylic oxidation sites excluding steroid dienone is 15. The fourth-order valence-electron chi connectivity index (χ4n) is 9.63. The van der Waals surface area contributed by atoms with E-state index in [-0.39, 0.29) is 12.5 Å². The van der Waals surface area contributed by atoms with Crippen molar-refractivity contribution in [3.05, 3.63) is 97.2 Å². The molecule has 0 saturated carbocycles. The molecule has 1 saturated heterocycles. The number of hydrogen-bond acceptors (Lipinski definition) is 8. The minimum atomic E-state index is -1.59. The van der Waals surface area contributed by atoms with Crippen molar-refractivity contribution in [2.45, 2.75) is 314 Å². The van der Waals surface area contributed by atoms with E-state index in [1.807, 2.05) is 6.08 Å². The van der Waals surface area contributed by atoms with E-state index in [0.29, 0.717) is 6.42 Å². The normalized spacial score (nSPS) is 19.4. The number of aliphatic hydroxyl groups excluding tert-OH is 5. The van der Waals surface area contributed by atoms with Crippen LogP contribution in [0.1, 0.15) is 271 Å². The number of carbonyl (C=O) groups is 1. The highest BCUT2D eigenvalue weighted by Gasteiger charge is 2.44. The monoisotopic (exact) mass is 1080 g/mol. The van der Waals surface area contributed by atoms with Gasteiger partial charge in [0.25, 0.3) is 0 Å². The Balaban J connectivity index is 2.22. The summed E-state index contributed by atoms with van der Waals surface area (Å²) in [5, 5.41) is 54.6. The molecule has 1 aliphatic heterocycles. The van der Waals surface area contributed by atoms with Gasteiger partial charge < -0.3 is 40.3 Å². The lowest BCUT2D eigenvalue weighted by Crippen LogP contribution is -2.60. The van der Waals surface area contributed by atoms with Crippen LogP contribution < -0.4 is 5.32 Å². The average molecular weight is 1080 g/mol. The van der Waals surface area contributed by atoms with Gasteiger partial charge in [-0.15, -0.1) is 0 Å². The van der Waals surface area contributed by atoms with Crippen LogP contribution >= 0.6 is 0 Å². The lowest BCUT2D eigenvalue weighted by molar-refractivity contribution is -0.302. The van der Waals surface area contributed by atoms with Crippen LogP contribution in [-0.4, -0.2) is 87.5 Å². The Labute approximate surface area is 473 Å². The van der Waals surface area contributed by atoms with Crippen molar-refractivity contribution >= 4 is 5.91 Å². The van der Waals surface area contributed by atoms with Crippen molar-refractivity contribution in [3.63, 3.8) is 0 Å². The van der Waals surface area contributed by atoms with E-state index >= 15 is 0 Å². The summed E-state index contributed by atoms with van der Waals surface area (Å²) in [6.07, 6.45) is 75.0. The molecule has 0 radical (unpaired) electrons. The highest BCUT2D eigenvalue weighted by molar-refractivity contribution is 5.76. The fourth-order valence-corrected chi connectivity index (χ4v) is 9.63. The molecule has 0 aliphatic carbocycles. The minimum Gasteiger partial charge on any atom is -0.394 e. The summed E-state index contributed by atoms with van der Waals surface area (Å²) in [5.41, 5.74) is 0. The second kappa shape index (κ2) is 56.4. The molecule has 7 unspecified atom stereocenters. The average Bonchev–Trinajstić information content (AvgIpc) is 3.43. The second-order valence-electron chi connectivity index (χ2n) is 21.8. The molecule has 0 aromatic carbocycles. The molecule has 9 heteroatoms. The van der Waals surface area contributed by atoms with E-state index < -0.39 is 49.5 Å². The lowest BCUT2D eigenvalue weighted by atomic mass is 9.99. The number of unbranched alkanes of at least 4 members (excludes halogenated alkanes) is 30. The molecule has 0 aromatic heterocycles. The Kier molecular flexibility index (Phi) is 52.8. The van der Waals surface area contributed by atoms with Crippen LogP contribution in [0.5, 0.6) is 0 Å². The topological polar surface area (TPSA) is 149 Å². The van der Waals surface area contributed by atoms with Crippen LogP contribution in [0.2, 0.25) is 0 Å². The third-order valence-electron chi connectivity index (χ3n) is 14.6. The zero-order valence-electron chi connectivity index (χ0n) is 49.4. The van der Waals surface area contributed by atoms with Crippen LogP contribution in [0.3, 0.4) is 0 Å². The Morgan fingerprint density at radius 1 is 0.455 bits per heavy atom. The molecular weight excluding hydrogens is 959 g/mol. The van der Waals surface area contributed by atoms with Crippen molar-refractivity contribution in [1.29, 1.82) is 0 Å². The first kappa shape index (κ1) is 72.1. The predicted octanol–water partition coefficient (Wildman–Crippen LogP) is 16.7. The number of nitrogens with one attached hydrogen (secondary N) is 1. The molecule has 0 aromatic rings. The lowest BCUT2D eigenvalue weighted by Gasteiger charge is -2.40. The molecule has 0 spiro atoms. The first-order valence-electron chi connectivity index (χ1n) is 32.0. The molecule has 6 N–H and O–H groups in total. The summed E-state index contributed by atoms with van der Waals surface area (Å²) in [5.74, 6) is -0.211. The number of ether oxygens (including phenoxy) is 2. The Morgan fingerprint density at radius 3 is 1.25 bits per heavy atom. The molecule has 1 aliphatic rings. The molecule has 7 atom stereocenters. The summed E-state index contributed by atoms with van der Waals surface area (Å²) >= 11 is 0. The van der Waals surface area contributed by atoms with E-state index in [4.69, 9.17) is 9.47 Å². The van der Waals surface area contributed by atoms with Crippen LogP contribution in [-0.2, 0) is 14.3 Å². The van der Waals surface area contributed by atoms with E-state index in [9.17, 15) is 30.3 Å². The quantitative estimate of drug-likeness (QED) is 0.0261. The Hall–Kier alpha value is -2.89. The predicted molar refractivity (Wildman–Crippen MR) is 327 cm³/mol. The summed E-state index contributed by atoms with van der Waals surface area (Å²) < 4.78 is 11.3. The standard InChI is InChI=1S/C68H119NO8/c1-3-5-7-9-11-13-15-17-19-21-23-25-26-27-28-29-30-31-32-33-34-35-36-38-39-41-43-45-47-49-51-53-55-57-62(71)61(60-76-68-67(75)66(74)65(73)63(59-70)77-68)69-64(72)58-56-54-52-50-48-46-44-42-40-37-24-22-20-18-16-14-12-10-8-6-4-2/h6,8,12,14,18,20,24,37,39,41-42,44,47,49,55,57,61-63,65-68,70-71,73-75H,3-5,7,9-11,13,15-17,19,21-23,25-36,38,40,43,45-46,48,50-54,56,58-60H2,1-2H3,(H,69,72)/b8-6-,14-12-,20-18-,37-24-,41-39+,44-42-,49-47+,57-55+. The van der Waals surface area contributed by atoms with Gasteiger partial charge in [0.05, 0.1) is 25.4 Å². The van der Waals surface area contributed by atoms with Gasteiger partial charge in [-0.1, -0.05) is 272 Å². The second-order valence-corrected chi connectivity index (χ2v) is 21.8.